The predicted octanol–water partition coefficient (Wildman–Crippen LogP) is 4.75. The van der Waals surface area contributed by atoms with Crippen molar-refractivity contribution < 1.29 is 9.59 Å². The van der Waals surface area contributed by atoms with Gasteiger partial charge in [-0.2, -0.15) is 0 Å². The number of carbonyl (C=O) groups is 2. The molecule has 1 saturated heterocycles. The van der Waals surface area contributed by atoms with Gasteiger partial charge < -0.3 is 14.8 Å². The van der Waals surface area contributed by atoms with E-state index in [1.165, 1.54) is 0 Å². The molecule has 180 valence electrons. The number of nitrogens with zero attached hydrogens (tertiary/aromatic N) is 3. The standard InChI is InChI=1S/C28H36N4O2/c1-21-11-13-23(14-12-21)28(34)29-17-7-3-4-10-26-30-24-8-5-6-9-25(24)32(26)20-27(33)31-18-15-22(2)16-19-31/h5-6,8-9,11-14,22H,3-4,7,10,15-20H2,1-2H3,(H,29,34). The second-order valence-electron chi connectivity index (χ2n) is 9.60. The molecule has 4 rings (SSSR count). The number of amides is 2. The molecule has 0 spiro atoms. The van der Waals surface area contributed by atoms with E-state index in [1.54, 1.807) is 0 Å². The van der Waals surface area contributed by atoms with E-state index in [2.05, 4.69) is 22.9 Å². The second-order valence-corrected chi connectivity index (χ2v) is 9.60. The number of aryl methyl sites for hydroxylation is 2. The largest absolute Gasteiger partial charge is 0.352 e. The first-order valence-electron chi connectivity index (χ1n) is 12.6. The molecule has 1 fully saturated rings. The molecule has 1 aliphatic rings. The van der Waals surface area contributed by atoms with E-state index in [-0.39, 0.29) is 11.8 Å². The van der Waals surface area contributed by atoms with Crippen molar-refractivity contribution in [3.8, 4) is 0 Å². The number of nitrogens with one attached hydrogen (secondary N) is 1. The fourth-order valence-corrected chi connectivity index (χ4v) is 4.58. The molecule has 1 aromatic heterocycles. The molecule has 0 aliphatic carbocycles. The number of carbonyl (C=O) groups excluding carboxylic acids is 2. The summed E-state index contributed by atoms with van der Waals surface area (Å²) in [5, 5.41) is 3.01. The summed E-state index contributed by atoms with van der Waals surface area (Å²) in [5.74, 6) is 1.85. The Morgan fingerprint density at radius 3 is 2.50 bits per heavy atom. The van der Waals surface area contributed by atoms with Crippen LogP contribution in [0.15, 0.2) is 48.5 Å². The van der Waals surface area contributed by atoms with Gasteiger partial charge in [0, 0.05) is 31.6 Å². The van der Waals surface area contributed by atoms with E-state index in [0.717, 1.165) is 74.0 Å². The lowest BCUT2D eigenvalue weighted by molar-refractivity contribution is -0.133. The Labute approximate surface area is 202 Å². The molecule has 2 amide bonds. The minimum Gasteiger partial charge on any atom is -0.352 e. The highest BCUT2D eigenvalue weighted by molar-refractivity contribution is 5.94. The molecule has 6 nitrogen and oxygen atoms in total. The quantitative estimate of drug-likeness (QED) is 0.469. The van der Waals surface area contributed by atoms with Gasteiger partial charge >= 0.3 is 0 Å². The van der Waals surface area contributed by atoms with Crippen molar-refractivity contribution in [2.45, 2.75) is 58.9 Å². The molecule has 1 aliphatic heterocycles. The van der Waals surface area contributed by atoms with Gasteiger partial charge in [0.25, 0.3) is 5.91 Å². The third kappa shape index (κ3) is 6.04. The predicted molar refractivity (Wildman–Crippen MR) is 136 cm³/mol. The highest BCUT2D eigenvalue weighted by Crippen LogP contribution is 2.20. The van der Waals surface area contributed by atoms with Gasteiger partial charge in [-0.3, -0.25) is 9.59 Å². The van der Waals surface area contributed by atoms with Crippen LogP contribution in [0.1, 0.15) is 60.8 Å². The molecule has 0 saturated carbocycles. The lowest BCUT2D eigenvalue weighted by Gasteiger charge is -2.30. The first kappa shape index (κ1) is 24.0. The summed E-state index contributed by atoms with van der Waals surface area (Å²) in [6.07, 6.45) is 5.88. The number of rotatable bonds is 9. The first-order chi connectivity index (χ1) is 16.5. The van der Waals surface area contributed by atoms with Crippen molar-refractivity contribution in [1.82, 2.24) is 19.8 Å². The summed E-state index contributed by atoms with van der Waals surface area (Å²) in [5.41, 5.74) is 3.83. The van der Waals surface area contributed by atoms with Crippen LogP contribution in [-0.4, -0.2) is 45.9 Å². The minimum absolute atomic E-state index is 0.0209. The van der Waals surface area contributed by atoms with E-state index in [9.17, 15) is 9.59 Å². The fourth-order valence-electron chi connectivity index (χ4n) is 4.58. The van der Waals surface area contributed by atoms with Gasteiger partial charge in [-0.05, 0) is 62.8 Å². The molecule has 2 aromatic carbocycles. The zero-order valence-corrected chi connectivity index (χ0v) is 20.4. The molecule has 34 heavy (non-hydrogen) atoms. The Morgan fingerprint density at radius 2 is 1.74 bits per heavy atom. The Bertz CT molecular complexity index is 1110. The molecule has 2 heterocycles. The highest BCUT2D eigenvalue weighted by atomic mass is 16.2. The van der Waals surface area contributed by atoms with E-state index >= 15 is 0 Å². The number of hydrogen-bond acceptors (Lipinski definition) is 3. The van der Waals surface area contributed by atoms with Gasteiger partial charge in [0.05, 0.1) is 11.0 Å². The number of likely N-dealkylation sites (tertiary alicyclic amines) is 1. The number of aromatic nitrogens is 2. The van der Waals surface area contributed by atoms with Crippen molar-refractivity contribution in [2.75, 3.05) is 19.6 Å². The third-order valence-corrected chi connectivity index (χ3v) is 6.84. The maximum absolute atomic E-state index is 13.0. The van der Waals surface area contributed by atoms with Crippen LogP contribution in [0, 0.1) is 12.8 Å². The van der Waals surface area contributed by atoms with Gasteiger partial charge in [-0.25, -0.2) is 4.98 Å². The Morgan fingerprint density at radius 1 is 1.00 bits per heavy atom. The molecular formula is C28H36N4O2. The van der Waals surface area contributed by atoms with Crippen LogP contribution in [-0.2, 0) is 17.8 Å². The van der Waals surface area contributed by atoms with Gasteiger partial charge in [0.1, 0.15) is 12.4 Å². The summed E-state index contributed by atoms with van der Waals surface area (Å²) in [7, 11) is 0. The third-order valence-electron chi connectivity index (χ3n) is 6.84. The topological polar surface area (TPSA) is 67.2 Å². The average Bonchev–Trinajstić information content (AvgIpc) is 3.19. The Hall–Kier alpha value is -3.15. The number of imidazole rings is 1. The maximum atomic E-state index is 13.0. The van der Waals surface area contributed by atoms with Crippen LogP contribution in [0.5, 0.6) is 0 Å². The van der Waals surface area contributed by atoms with Crippen molar-refractivity contribution in [2.24, 2.45) is 5.92 Å². The van der Waals surface area contributed by atoms with Gasteiger partial charge in [0.2, 0.25) is 5.91 Å². The van der Waals surface area contributed by atoms with Gasteiger partial charge in [-0.1, -0.05) is 43.2 Å². The van der Waals surface area contributed by atoms with Crippen LogP contribution in [0.3, 0.4) is 0 Å². The van der Waals surface area contributed by atoms with E-state index in [1.807, 2.05) is 54.3 Å². The van der Waals surface area contributed by atoms with Crippen LogP contribution < -0.4 is 5.32 Å². The molecule has 6 heteroatoms. The van der Waals surface area contributed by atoms with E-state index in [4.69, 9.17) is 4.98 Å². The summed E-state index contributed by atoms with van der Waals surface area (Å²) in [6, 6.07) is 15.7. The Kier molecular flexibility index (Phi) is 7.99. The summed E-state index contributed by atoms with van der Waals surface area (Å²) in [4.78, 5) is 32.1. The zero-order chi connectivity index (χ0) is 23.9. The van der Waals surface area contributed by atoms with Crippen LogP contribution >= 0.6 is 0 Å². The zero-order valence-electron chi connectivity index (χ0n) is 20.4. The number of fused-ring (bicyclic) bond motifs is 1. The number of para-hydroxylation sites is 2. The molecule has 0 radical (unpaired) electrons. The van der Waals surface area contributed by atoms with Gasteiger partial charge in [0.15, 0.2) is 0 Å². The van der Waals surface area contributed by atoms with Crippen molar-refractivity contribution in [3.63, 3.8) is 0 Å². The molecule has 0 unspecified atom stereocenters. The Balaban J connectivity index is 1.29. The molecule has 1 N–H and O–H groups in total. The maximum Gasteiger partial charge on any atom is 0.251 e. The van der Waals surface area contributed by atoms with Crippen molar-refractivity contribution in [1.29, 1.82) is 0 Å². The van der Waals surface area contributed by atoms with Crippen molar-refractivity contribution in [3.05, 3.63) is 65.5 Å². The number of unbranched alkanes of at least 4 members (excludes halogenated alkanes) is 2. The van der Waals surface area contributed by atoms with E-state index in [0.29, 0.717) is 24.6 Å². The highest BCUT2D eigenvalue weighted by Gasteiger charge is 2.22. The number of hydrogen-bond donors (Lipinski definition) is 1. The lowest BCUT2D eigenvalue weighted by Crippen LogP contribution is -2.39. The molecule has 3 aromatic rings. The SMILES string of the molecule is Cc1ccc(C(=O)NCCCCCc2nc3ccccc3n2CC(=O)N2CCC(C)CC2)cc1. The van der Waals surface area contributed by atoms with Crippen LogP contribution in [0.4, 0.5) is 0 Å². The molecular weight excluding hydrogens is 424 g/mol. The van der Waals surface area contributed by atoms with Crippen LogP contribution in [0.2, 0.25) is 0 Å². The van der Waals surface area contributed by atoms with Crippen molar-refractivity contribution >= 4 is 22.8 Å². The number of piperidine rings is 1. The smallest absolute Gasteiger partial charge is 0.251 e. The van der Waals surface area contributed by atoms with Gasteiger partial charge in [-0.15, -0.1) is 0 Å². The van der Waals surface area contributed by atoms with E-state index < -0.39 is 0 Å². The summed E-state index contributed by atoms with van der Waals surface area (Å²) in [6.45, 7) is 7.01. The molecule has 0 bridgehead atoms. The first-order valence-corrected chi connectivity index (χ1v) is 12.6. The van der Waals surface area contributed by atoms with Crippen LogP contribution in [0.25, 0.3) is 11.0 Å². The normalized spacial score (nSPS) is 14.5. The second kappa shape index (κ2) is 11.3. The minimum atomic E-state index is -0.0209. The summed E-state index contributed by atoms with van der Waals surface area (Å²) >= 11 is 0. The fraction of sp³-hybridized carbons (Fsp3) is 0.464. The molecule has 0 atom stereocenters. The lowest BCUT2D eigenvalue weighted by atomic mass is 9.99. The average molecular weight is 461 g/mol. The monoisotopic (exact) mass is 460 g/mol. The summed E-state index contributed by atoms with van der Waals surface area (Å²) < 4.78 is 2.11. The number of benzene rings is 2.